The van der Waals surface area contributed by atoms with Crippen molar-refractivity contribution in [2.24, 2.45) is 0 Å². The fraction of sp³-hybridized carbons (Fsp3) is 0.357. The average Bonchev–Trinajstić information content (AvgIpc) is 2.85. The lowest BCUT2D eigenvalue weighted by Gasteiger charge is -2.08. The number of rotatable bonds is 5. The highest BCUT2D eigenvalue weighted by Crippen LogP contribution is 2.22. The topological polar surface area (TPSA) is 78.0 Å². The number of para-hydroxylation sites is 1. The molecule has 1 atom stereocenters. The molecule has 0 saturated carbocycles. The minimum Gasteiger partial charge on any atom is -0.398 e. The molecule has 20 heavy (non-hydrogen) atoms. The van der Waals surface area contributed by atoms with Crippen molar-refractivity contribution in [1.29, 1.82) is 0 Å². The highest BCUT2D eigenvalue weighted by atomic mass is 32.2. The highest BCUT2D eigenvalue weighted by molar-refractivity contribution is 7.90. The fourth-order valence-electron chi connectivity index (χ4n) is 1.92. The van der Waals surface area contributed by atoms with Gasteiger partial charge in [-0.25, -0.2) is 8.42 Å². The number of nitrogens with two attached hydrogens (primary N) is 1. The van der Waals surface area contributed by atoms with E-state index < -0.39 is 9.84 Å². The summed E-state index contributed by atoms with van der Waals surface area (Å²) in [5, 5.41) is 4.32. The van der Waals surface area contributed by atoms with E-state index in [1.54, 1.807) is 28.9 Å². The van der Waals surface area contributed by atoms with Gasteiger partial charge in [0.15, 0.2) is 9.84 Å². The molecule has 108 valence electrons. The van der Waals surface area contributed by atoms with E-state index in [0.29, 0.717) is 5.69 Å². The summed E-state index contributed by atoms with van der Waals surface area (Å²) < 4.78 is 26.5. The van der Waals surface area contributed by atoms with Gasteiger partial charge in [0.05, 0.1) is 22.0 Å². The average molecular weight is 293 g/mol. The normalized spacial score (nSPS) is 13.3. The van der Waals surface area contributed by atoms with Gasteiger partial charge in [-0.05, 0) is 31.5 Å². The lowest BCUT2D eigenvalue weighted by Crippen LogP contribution is -2.10. The van der Waals surface area contributed by atoms with E-state index in [0.717, 1.165) is 6.42 Å². The molecule has 1 aromatic carbocycles. The van der Waals surface area contributed by atoms with Gasteiger partial charge in [0.1, 0.15) is 0 Å². The zero-order valence-electron chi connectivity index (χ0n) is 11.7. The Bertz CT molecular complexity index is 692. The van der Waals surface area contributed by atoms with Gasteiger partial charge in [0.2, 0.25) is 0 Å². The van der Waals surface area contributed by atoms with Crippen LogP contribution in [0.3, 0.4) is 0 Å². The molecule has 2 N–H and O–H groups in total. The smallest absolute Gasteiger partial charge is 0.186 e. The van der Waals surface area contributed by atoms with Crippen molar-refractivity contribution >= 4 is 15.5 Å². The summed E-state index contributed by atoms with van der Waals surface area (Å²) in [6.45, 7) is 4.11. The van der Waals surface area contributed by atoms with Crippen LogP contribution in [0.25, 0.3) is 0 Å². The van der Waals surface area contributed by atoms with Crippen LogP contribution in [-0.2, 0) is 15.6 Å². The molecule has 5 nitrogen and oxygen atoms in total. The fourth-order valence-corrected chi connectivity index (χ4v) is 3.34. The summed E-state index contributed by atoms with van der Waals surface area (Å²) in [5.41, 5.74) is 6.54. The second kappa shape index (κ2) is 5.66. The number of nitrogens with zero attached hydrogens (tertiary/aromatic N) is 2. The Morgan fingerprint density at radius 3 is 2.65 bits per heavy atom. The summed E-state index contributed by atoms with van der Waals surface area (Å²) in [6, 6.07) is 8.49. The molecule has 6 heteroatoms. The molecular weight excluding hydrogens is 274 g/mol. The third kappa shape index (κ3) is 3.01. The molecule has 0 amide bonds. The van der Waals surface area contributed by atoms with E-state index in [1.807, 2.05) is 13.1 Å². The van der Waals surface area contributed by atoms with Crippen LogP contribution in [0.15, 0.2) is 41.4 Å². The van der Waals surface area contributed by atoms with E-state index >= 15 is 0 Å². The third-order valence-electron chi connectivity index (χ3n) is 3.30. The van der Waals surface area contributed by atoms with Gasteiger partial charge in [-0.1, -0.05) is 19.1 Å². The predicted octanol–water partition coefficient (Wildman–Crippen LogP) is 2.41. The van der Waals surface area contributed by atoms with Crippen LogP contribution in [0.1, 0.15) is 32.0 Å². The van der Waals surface area contributed by atoms with Gasteiger partial charge < -0.3 is 5.73 Å². The van der Waals surface area contributed by atoms with Gasteiger partial charge in [-0.3, -0.25) is 4.68 Å². The molecule has 0 aliphatic rings. The molecule has 0 bridgehead atoms. The Morgan fingerprint density at radius 1 is 1.30 bits per heavy atom. The van der Waals surface area contributed by atoms with Crippen LogP contribution in [0.4, 0.5) is 5.69 Å². The Labute approximate surface area is 119 Å². The van der Waals surface area contributed by atoms with Crippen LogP contribution in [-0.4, -0.2) is 18.2 Å². The predicted molar refractivity (Wildman–Crippen MR) is 79.0 cm³/mol. The maximum Gasteiger partial charge on any atom is 0.186 e. The molecule has 0 spiro atoms. The van der Waals surface area contributed by atoms with E-state index in [1.165, 1.54) is 6.07 Å². The van der Waals surface area contributed by atoms with Gasteiger partial charge in [0.25, 0.3) is 0 Å². The Hall–Kier alpha value is -1.82. The summed E-state index contributed by atoms with van der Waals surface area (Å²) in [5.74, 6) is -0.134. The number of nitrogen functional groups attached to an aromatic ring is 1. The van der Waals surface area contributed by atoms with Gasteiger partial charge in [-0.2, -0.15) is 5.10 Å². The van der Waals surface area contributed by atoms with E-state index in [9.17, 15) is 8.42 Å². The quantitative estimate of drug-likeness (QED) is 0.859. The molecule has 2 aromatic rings. The van der Waals surface area contributed by atoms with Crippen LogP contribution in [0, 0.1) is 0 Å². The first-order valence-electron chi connectivity index (χ1n) is 6.55. The largest absolute Gasteiger partial charge is 0.398 e. The lowest BCUT2D eigenvalue weighted by molar-refractivity contribution is 0.475. The van der Waals surface area contributed by atoms with Crippen LogP contribution >= 0.6 is 0 Å². The number of hydrogen-bond acceptors (Lipinski definition) is 4. The summed E-state index contributed by atoms with van der Waals surface area (Å²) >= 11 is 0. The summed E-state index contributed by atoms with van der Waals surface area (Å²) in [4.78, 5) is 0.165. The standard InChI is InChI=1S/C14H19N3O2S/c1-3-11(2)17-9-8-12(16-17)10-20(18,19)14-7-5-4-6-13(14)15/h4-9,11H,3,10,15H2,1-2H3. The minimum atomic E-state index is -3.46. The van der Waals surface area contributed by atoms with Crippen molar-refractivity contribution in [3.63, 3.8) is 0 Å². The molecule has 0 fully saturated rings. The Kier molecular flexibility index (Phi) is 4.13. The second-order valence-corrected chi connectivity index (χ2v) is 6.80. The number of benzene rings is 1. The first kappa shape index (κ1) is 14.6. The van der Waals surface area contributed by atoms with Crippen molar-refractivity contribution in [2.75, 3.05) is 5.73 Å². The van der Waals surface area contributed by atoms with Crippen LogP contribution in [0.5, 0.6) is 0 Å². The summed E-state index contributed by atoms with van der Waals surface area (Å²) in [6.07, 6.45) is 2.76. The molecule has 1 heterocycles. The molecule has 0 saturated heterocycles. The first-order valence-corrected chi connectivity index (χ1v) is 8.20. The van der Waals surface area contributed by atoms with Gasteiger partial charge >= 0.3 is 0 Å². The van der Waals surface area contributed by atoms with Crippen LogP contribution in [0.2, 0.25) is 0 Å². The number of anilines is 1. The Balaban J connectivity index is 2.25. The van der Waals surface area contributed by atoms with Gasteiger partial charge in [0, 0.05) is 12.2 Å². The number of sulfone groups is 1. The Morgan fingerprint density at radius 2 is 2.00 bits per heavy atom. The molecule has 1 unspecified atom stereocenters. The lowest BCUT2D eigenvalue weighted by atomic mass is 10.3. The van der Waals surface area contributed by atoms with Crippen molar-refractivity contribution in [2.45, 2.75) is 37.0 Å². The van der Waals surface area contributed by atoms with Crippen molar-refractivity contribution in [3.05, 3.63) is 42.2 Å². The monoisotopic (exact) mass is 293 g/mol. The molecule has 0 aliphatic carbocycles. The van der Waals surface area contributed by atoms with E-state index in [2.05, 4.69) is 12.0 Å². The maximum absolute atomic E-state index is 12.3. The highest BCUT2D eigenvalue weighted by Gasteiger charge is 2.19. The molecular formula is C14H19N3O2S. The SMILES string of the molecule is CCC(C)n1ccc(CS(=O)(=O)c2ccccc2N)n1. The second-order valence-electron chi connectivity index (χ2n) is 4.84. The zero-order chi connectivity index (χ0) is 14.8. The molecule has 0 radical (unpaired) electrons. The van der Waals surface area contributed by atoms with Gasteiger partial charge in [-0.15, -0.1) is 0 Å². The molecule has 0 aliphatic heterocycles. The molecule has 2 rings (SSSR count). The first-order chi connectivity index (χ1) is 9.44. The summed E-state index contributed by atoms with van der Waals surface area (Å²) in [7, 11) is -3.46. The minimum absolute atomic E-state index is 0.134. The van der Waals surface area contributed by atoms with Crippen LogP contribution < -0.4 is 5.73 Å². The van der Waals surface area contributed by atoms with Crippen molar-refractivity contribution in [3.8, 4) is 0 Å². The van der Waals surface area contributed by atoms with Crippen molar-refractivity contribution < 1.29 is 8.42 Å². The third-order valence-corrected chi connectivity index (χ3v) is 5.02. The number of aromatic nitrogens is 2. The van der Waals surface area contributed by atoms with E-state index in [4.69, 9.17) is 5.73 Å². The number of hydrogen-bond donors (Lipinski definition) is 1. The van der Waals surface area contributed by atoms with Crippen molar-refractivity contribution in [1.82, 2.24) is 9.78 Å². The zero-order valence-corrected chi connectivity index (χ0v) is 12.5. The van der Waals surface area contributed by atoms with E-state index in [-0.39, 0.29) is 22.4 Å². The molecule has 1 aromatic heterocycles. The maximum atomic E-state index is 12.3.